The van der Waals surface area contributed by atoms with Crippen molar-refractivity contribution in [3.63, 3.8) is 0 Å². The van der Waals surface area contributed by atoms with Crippen molar-refractivity contribution in [1.29, 1.82) is 0 Å². The van der Waals surface area contributed by atoms with Gasteiger partial charge in [-0.25, -0.2) is 0 Å². The van der Waals surface area contributed by atoms with Crippen LogP contribution in [-0.2, 0) is 16.0 Å². The average molecular weight is 370 g/mol. The van der Waals surface area contributed by atoms with Crippen molar-refractivity contribution >= 4 is 11.8 Å². The van der Waals surface area contributed by atoms with Crippen molar-refractivity contribution in [3.8, 4) is 0 Å². The second-order valence-corrected chi connectivity index (χ2v) is 7.36. The van der Waals surface area contributed by atoms with Crippen LogP contribution in [0, 0.1) is 0 Å². The molecule has 27 heavy (non-hydrogen) atoms. The zero-order valence-corrected chi connectivity index (χ0v) is 16.0. The summed E-state index contributed by atoms with van der Waals surface area (Å²) in [4.78, 5) is 28.6. The standard InChI is InChI=1S/C21H30N4O2/c1-2-10-22-20(26)15-24-11-13-25(14-12-24)16-21(27)23-19-9-5-7-17-6-3-4-8-18(17)19/h2-4,6,8,19H,1,5,7,9-16H2,(H,22,26)(H,23,27). The summed E-state index contributed by atoms with van der Waals surface area (Å²) < 4.78 is 0. The summed E-state index contributed by atoms with van der Waals surface area (Å²) in [5.41, 5.74) is 2.63. The minimum Gasteiger partial charge on any atom is -0.352 e. The van der Waals surface area contributed by atoms with E-state index in [2.05, 4.69) is 45.2 Å². The van der Waals surface area contributed by atoms with E-state index in [1.165, 1.54) is 11.1 Å². The number of fused-ring (bicyclic) bond motifs is 1. The van der Waals surface area contributed by atoms with E-state index in [0.717, 1.165) is 45.4 Å². The molecule has 1 unspecified atom stereocenters. The maximum Gasteiger partial charge on any atom is 0.234 e. The molecule has 0 bridgehead atoms. The van der Waals surface area contributed by atoms with Gasteiger partial charge in [0.1, 0.15) is 0 Å². The van der Waals surface area contributed by atoms with E-state index in [1.54, 1.807) is 6.08 Å². The average Bonchev–Trinajstić information content (AvgIpc) is 2.68. The van der Waals surface area contributed by atoms with E-state index in [9.17, 15) is 9.59 Å². The van der Waals surface area contributed by atoms with Gasteiger partial charge < -0.3 is 10.6 Å². The Morgan fingerprint density at radius 1 is 1.07 bits per heavy atom. The van der Waals surface area contributed by atoms with E-state index in [4.69, 9.17) is 0 Å². The number of hydrogen-bond donors (Lipinski definition) is 2. The number of amides is 2. The summed E-state index contributed by atoms with van der Waals surface area (Å²) in [7, 11) is 0. The number of benzene rings is 1. The predicted molar refractivity (Wildman–Crippen MR) is 106 cm³/mol. The van der Waals surface area contributed by atoms with Crippen LogP contribution in [0.15, 0.2) is 36.9 Å². The third-order valence-electron chi connectivity index (χ3n) is 5.35. The Labute approximate surface area is 161 Å². The molecule has 0 radical (unpaired) electrons. The molecule has 0 saturated carbocycles. The Morgan fingerprint density at radius 2 is 1.74 bits per heavy atom. The Kier molecular flexibility index (Phi) is 7.01. The van der Waals surface area contributed by atoms with E-state index in [1.807, 2.05) is 6.07 Å². The number of carbonyl (C=O) groups excluding carboxylic acids is 2. The first-order valence-corrected chi connectivity index (χ1v) is 9.85. The summed E-state index contributed by atoms with van der Waals surface area (Å²) in [6, 6.07) is 8.55. The fourth-order valence-corrected chi connectivity index (χ4v) is 3.90. The molecule has 1 aromatic rings. The molecule has 1 fully saturated rings. The lowest BCUT2D eigenvalue weighted by Crippen LogP contribution is -2.51. The Morgan fingerprint density at radius 3 is 2.44 bits per heavy atom. The highest BCUT2D eigenvalue weighted by molar-refractivity contribution is 5.79. The second-order valence-electron chi connectivity index (χ2n) is 7.36. The highest BCUT2D eigenvalue weighted by Crippen LogP contribution is 2.29. The SMILES string of the molecule is C=CCNC(=O)CN1CCN(CC(=O)NC2CCCc3ccccc32)CC1. The lowest BCUT2D eigenvalue weighted by atomic mass is 9.88. The molecule has 2 amide bonds. The number of carbonyl (C=O) groups is 2. The van der Waals surface area contributed by atoms with Crippen molar-refractivity contribution in [2.75, 3.05) is 45.8 Å². The van der Waals surface area contributed by atoms with Crippen LogP contribution in [0.5, 0.6) is 0 Å². The van der Waals surface area contributed by atoms with E-state index in [-0.39, 0.29) is 17.9 Å². The van der Waals surface area contributed by atoms with Crippen molar-refractivity contribution in [2.24, 2.45) is 0 Å². The summed E-state index contributed by atoms with van der Waals surface area (Å²) in [5, 5.41) is 6.02. The van der Waals surface area contributed by atoms with Crippen LogP contribution in [0.3, 0.4) is 0 Å². The molecular weight excluding hydrogens is 340 g/mol. The molecule has 1 aliphatic carbocycles. The van der Waals surface area contributed by atoms with Gasteiger partial charge in [0.15, 0.2) is 0 Å². The fourth-order valence-electron chi connectivity index (χ4n) is 3.90. The minimum atomic E-state index is 0.0251. The summed E-state index contributed by atoms with van der Waals surface area (Å²) in [6.45, 7) is 8.17. The summed E-state index contributed by atoms with van der Waals surface area (Å²) in [6.07, 6.45) is 4.91. The van der Waals surface area contributed by atoms with Crippen LogP contribution in [-0.4, -0.2) is 67.4 Å². The van der Waals surface area contributed by atoms with Crippen LogP contribution in [0.4, 0.5) is 0 Å². The number of nitrogens with zero attached hydrogens (tertiary/aromatic N) is 2. The van der Waals surface area contributed by atoms with Crippen molar-refractivity contribution in [3.05, 3.63) is 48.0 Å². The normalized spacial score (nSPS) is 20.5. The molecule has 0 spiro atoms. The van der Waals surface area contributed by atoms with Gasteiger partial charge in [-0.2, -0.15) is 0 Å². The topological polar surface area (TPSA) is 64.7 Å². The molecule has 1 saturated heterocycles. The van der Waals surface area contributed by atoms with Crippen molar-refractivity contribution < 1.29 is 9.59 Å². The quantitative estimate of drug-likeness (QED) is 0.706. The van der Waals surface area contributed by atoms with Gasteiger partial charge in [0.25, 0.3) is 0 Å². The molecular formula is C21H30N4O2. The van der Waals surface area contributed by atoms with Gasteiger partial charge in [0, 0.05) is 32.7 Å². The zero-order chi connectivity index (χ0) is 19.1. The molecule has 6 nitrogen and oxygen atoms in total. The highest BCUT2D eigenvalue weighted by Gasteiger charge is 2.24. The van der Waals surface area contributed by atoms with Gasteiger partial charge in [-0.15, -0.1) is 6.58 Å². The second kappa shape index (κ2) is 9.67. The van der Waals surface area contributed by atoms with Gasteiger partial charge in [-0.3, -0.25) is 19.4 Å². The number of aryl methyl sites for hydroxylation is 1. The number of piperazine rings is 1. The largest absolute Gasteiger partial charge is 0.352 e. The van der Waals surface area contributed by atoms with E-state index in [0.29, 0.717) is 19.6 Å². The van der Waals surface area contributed by atoms with Crippen molar-refractivity contribution in [1.82, 2.24) is 20.4 Å². The van der Waals surface area contributed by atoms with E-state index >= 15 is 0 Å². The predicted octanol–water partition coefficient (Wildman–Crippen LogP) is 1.10. The first-order chi connectivity index (χ1) is 13.2. The number of rotatable bonds is 7. The summed E-state index contributed by atoms with van der Waals surface area (Å²) in [5.74, 6) is 0.117. The van der Waals surface area contributed by atoms with Crippen LogP contribution in [0.25, 0.3) is 0 Å². The third-order valence-corrected chi connectivity index (χ3v) is 5.35. The van der Waals surface area contributed by atoms with Gasteiger partial charge in [0.2, 0.25) is 11.8 Å². The molecule has 146 valence electrons. The lowest BCUT2D eigenvalue weighted by Gasteiger charge is -2.34. The maximum atomic E-state index is 12.5. The first-order valence-electron chi connectivity index (χ1n) is 9.85. The van der Waals surface area contributed by atoms with Gasteiger partial charge in [-0.1, -0.05) is 30.3 Å². The molecule has 1 aromatic carbocycles. The lowest BCUT2D eigenvalue weighted by molar-refractivity contribution is -0.125. The fraction of sp³-hybridized carbons (Fsp3) is 0.524. The van der Waals surface area contributed by atoms with Crippen LogP contribution in [0.1, 0.15) is 30.0 Å². The van der Waals surface area contributed by atoms with Gasteiger partial charge in [-0.05, 0) is 30.4 Å². The Hall–Kier alpha value is -2.18. The smallest absolute Gasteiger partial charge is 0.234 e. The monoisotopic (exact) mass is 370 g/mol. The Balaban J connectivity index is 1.41. The van der Waals surface area contributed by atoms with E-state index < -0.39 is 0 Å². The summed E-state index contributed by atoms with van der Waals surface area (Å²) >= 11 is 0. The number of nitrogens with one attached hydrogen (secondary N) is 2. The highest BCUT2D eigenvalue weighted by atomic mass is 16.2. The Bertz CT molecular complexity index is 668. The molecule has 2 aliphatic rings. The number of hydrogen-bond acceptors (Lipinski definition) is 4. The third kappa shape index (κ3) is 5.65. The molecule has 0 aromatic heterocycles. The van der Waals surface area contributed by atoms with Gasteiger partial charge in [0.05, 0.1) is 19.1 Å². The minimum absolute atomic E-state index is 0.0251. The van der Waals surface area contributed by atoms with Crippen LogP contribution < -0.4 is 10.6 Å². The molecule has 1 atom stereocenters. The van der Waals surface area contributed by atoms with Crippen LogP contribution in [0.2, 0.25) is 0 Å². The molecule has 1 heterocycles. The first kappa shape index (κ1) is 19.6. The zero-order valence-electron chi connectivity index (χ0n) is 16.0. The maximum absolute atomic E-state index is 12.5. The van der Waals surface area contributed by atoms with Crippen LogP contribution >= 0.6 is 0 Å². The molecule has 3 rings (SSSR count). The molecule has 2 N–H and O–H groups in total. The molecule has 6 heteroatoms. The van der Waals surface area contributed by atoms with Gasteiger partial charge >= 0.3 is 0 Å². The molecule has 1 aliphatic heterocycles. The van der Waals surface area contributed by atoms with Crippen molar-refractivity contribution in [2.45, 2.75) is 25.3 Å².